The molecule has 1 heterocycles. The normalized spacial score (nSPS) is 12.5. The molecule has 0 saturated carbocycles. The molecule has 0 unspecified atom stereocenters. The van der Waals surface area contributed by atoms with Crippen LogP contribution in [0.3, 0.4) is 0 Å². The Labute approximate surface area is 156 Å². The number of hydrogen-bond donors (Lipinski definition) is 2. The molecular weight excluding hydrogens is 368 g/mol. The molecule has 0 fully saturated rings. The molecule has 3 aromatic rings. The Morgan fingerprint density at radius 2 is 1.74 bits per heavy atom. The number of rotatable bonds is 6. The van der Waals surface area contributed by atoms with Crippen molar-refractivity contribution >= 4 is 21.6 Å². The van der Waals surface area contributed by atoms with Crippen LogP contribution in [0.4, 0.5) is 5.69 Å². The van der Waals surface area contributed by atoms with E-state index in [0.717, 1.165) is 5.56 Å². The first-order chi connectivity index (χ1) is 12.8. The van der Waals surface area contributed by atoms with Crippen LogP contribution in [0.1, 0.15) is 25.8 Å². The van der Waals surface area contributed by atoms with E-state index in [4.69, 9.17) is 4.52 Å². The van der Waals surface area contributed by atoms with Crippen LogP contribution in [0.15, 0.2) is 64.0 Å². The van der Waals surface area contributed by atoms with E-state index in [1.54, 1.807) is 6.92 Å². The first kappa shape index (κ1) is 18.7. The Morgan fingerprint density at radius 1 is 1.07 bits per heavy atom. The van der Waals surface area contributed by atoms with Crippen molar-refractivity contribution < 1.29 is 17.7 Å². The highest BCUT2D eigenvalue weighted by Crippen LogP contribution is 2.21. The summed E-state index contributed by atoms with van der Waals surface area (Å²) in [5.74, 6) is 0.312. The zero-order valence-electron chi connectivity index (χ0n) is 14.7. The van der Waals surface area contributed by atoms with E-state index in [-0.39, 0.29) is 16.7 Å². The third-order valence-corrected chi connectivity index (χ3v) is 5.22. The Balaban J connectivity index is 1.74. The monoisotopic (exact) mass is 386 g/mol. The van der Waals surface area contributed by atoms with Gasteiger partial charge in [0, 0.05) is 18.2 Å². The minimum atomic E-state index is -3.80. The smallest absolute Gasteiger partial charge is 0.244 e. The third kappa shape index (κ3) is 4.57. The molecule has 0 spiro atoms. The molecule has 2 aromatic carbocycles. The zero-order valence-corrected chi connectivity index (χ0v) is 15.5. The van der Waals surface area contributed by atoms with Gasteiger partial charge in [-0.3, -0.25) is 4.79 Å². The van der Waals surface area contributed by atoms with E-state index in [1.165, 1.54) is 31.2 Å². The SMILES string of the molecule is CC(=O)Nc1ccc(S(=O)(=O)N[C@H](C)c2nc(-c3ccccc3)no2)cc1. The lowest BCUT2D eigenvalue weighted by Gasteiger charge is -2.11. The van der Waals surface area contributed by atoms with Gasteiger partial charge < -0.3 is 9.84 Å². The second-order valence-electron chi connectivity index (χ2n) is 5.87. The molecule has 8 nitrogen and oxygen atoms in total. The Hall–Kier alpha value is -3.04. The molecule has 1 amide bonds. The molecule has 0 aliphatic heterocycles. The fourth-order valence-electron chi connectivity index (χ4n) is 2.39. The number of sulfonamides is 1. The summed E-state index contributed by atoms with van der Waals surface area (Å²) in [7, 11) is -3.80. The van der Waals surface area contributed by atoms with Crippen molar-refractivity contribution in [2.75, 3.05) is 5.32 Å². The molecule has 0 saturated heterocycles. The van der Waals surface area contributed by atoms with Gasteiger partial charge in [-0.2, -0.15) is 9.71 Å². The van der Waals surface area contributed by atoms with Gasteiger partial charge in [-0.05, 0) is 31.2 Å². The molecule has 140 valence electrons. The molecule has 27 heavy (non-hydrogen) atoms. The quantitative estimate of drug-likeness (QED) is 0.673. The van der Waals surface area contributed by atoms with Crippen molar-refractivity contribution in [3.63, 3.8) is 0 Å². The van der Waals surface area contributed by atoms with Crippen LogP contribution < -0.4 is 10.0 Å². The molecule has 2 N–H and O–H groups in total. The minimum absolute atomic E-state index is 0.0613. The van der Waals surface area contributed by atoms with Crippen LogP contribution in [0.5, 0.6) is 0 Å². The standard InChI is InChI=1S/C18H18N4O4S/c1-12(18-20-17(21-26-18)14-6-4-3-5-7-14)22-27(24,25)16-10-8-15(9-11-16)19-13(2)23/h3-12,22H,1-2H3,(H,19,23)/t12-/m1/s1. The lowest BCUT2D eigenvalue weighted by atomic mass is 10.2. The van der Waals surface area contributed by atoms with Crippen LogP contribution in [0.25, 0.3) is 11.4 Å². The molecule has 0 aliphatic rings. The average molecular weight is 386 g/mol. The summed E-state index contributed by atoms with van der Waals surface area (Å²) in [5, 5.41) is 6.47. The predicted molar refractivity (Wildman–Crippen MR) is 99.2 cm³/mol. The second kappa shape index (κ2) is 7.68. The third-order valence-electron chi connectivity index (χ3n) is 3.66. The fraction of sp³-hybridized carbons (Fsp3) is 0.167. The van der Waals surface area contributed by atoms with E-state index < -0.39 is 16.1 Å². The first-order valence-corrected chi connectivity index (χ1v) is 9.62. The maximum absolute atomic E-state index is 12.5. The molecule has 0 aliphatic carbocycles. The van der Waals surface area contributed by atoms with E-state index in [2.05, 4.69) is 20.2 Å². The number of amides is 1. The average Bonchev–Trinajstić information content (AvgIpc) is 3.12. The van der Waals surface area contributed by atoms with Gasteiger partial charge >= 0.3 is 0 Å². The first-order valence-electron chi connectivity index (χ1n) is 8.14. The number of carbonyl (C=O) groups excluding carboxylic acids is 1. The highest BCUT2D eigenvalue weighted by molar-refractivity contribution is 7.89. The number of nitrogens with one attached hydrogen (secondary N) is 2. The Kier molecular flexibility index (Phi) is 5.33. The fourth-order valence-corrected chi connectivity index (χ4v) is 3.58. The van der Waals surface area contributed by atoms with Gasteiger partial charge in [0.05, 0.1) is 10.9 Å². The van der Waals surface area contributed by atoms with Crippen LogP contribution in [0.2, 0.25) is 0 Å². The van der Waals surface area contributed by atoms with E-state index in [0.29, 0.717) is 11.5 Å². The van der Waals surface area contributed by atoms with Crippen LogP contribution in [0, 0.1) is 0 Å². The molecule has 9 heteroatoms. The van der Waals surface area contributed by atoms with Crippen molar-refractivity contribution in [2.45, 2.75) is 24.8 Å². The summed E-state index contributed by atoms with van der Waals surface area (Å²) < 4.78 is 32.8. The van der Waals surface area contributed by atoms with E-state index in [1.807, 2.05) is 30.3 Å². The Morgan fingerprint density at radius 3 is 2.37 bits per heavy atom. The maximum atomic E-state index is 12.5. The van der Waals surface area contributed by atoms with Crippen LogP contribution in [-0.4, -0.2) is 24.5 Å². The second-order valence-corrected chi connectivity index (χ2v) is 7.58. The van der Waals surface area contributed by atoms with Gasteiger partial charge in [0.25, 0.3) is 0 Å². The van der Waals surface area contributed by atoms with Crippen molar-refractivity contribution in [2.24, 2.45) is 0 Å². The molecule has 0 bridgehead atoms. The van der Waals surface area contributed by atoms with Gasteiger partial charge in [0.2, 0.25) is 27.6 Å². The van der Waals surface area contributed by atoms with Gasteiger partial charge in [-0.15, -0.1) is 0 Å². The van der Waals surface area contributed by atoms with Gasteiger partial charge in [-0.25, -0.2) is 8.42 Å². The topological polar surface area (TPSA) is 114 Å². The minimum Gasteiger partial charge on any atom is -0.337 e. The summed E-state index contributed by atoms with van der Waals surface area (Å²) in [6.07, 6.45) is 0. The van der Waals surface area contributed by atoms with Crippen molar-refractivity contribution in [1.82, 2.24) is 14.9 Å². The van der Waals surface area contributed by atoms with Crippen LogP contribution in [-0.2, 0) is 14.8 Å². The number of benzene rings is 2. The van der Waals surface area contributed by atoms with Gasteiger partial charge in [-0.1, -0.05) is 35.5 Å². The Bertz CT molecular complexity index is 1030. The lowest BCUT2D eigenvalue weighted by Crippen LogP contribution is -2.27. The maximum Gasteiger partial charge on any atom is 0.244 e. The highest BCUT2D eigenvalue weighted by Gasteiger charge is 2.22. The van der Waals surface area contributed by atoms with Gasteiger partial charge in [0.1, 0.15) is 0 Å². The summed E-state index contributed by atoms with van der Waals surface area (Å²) in [5.41, 5.74) is 1.29. The van der Waals surface area contributed by atoms with Crippen LogP contribution >= 0.6 is 0 Å². The van der Waals surface area contributed by atoms with Gasteiger partial charge in [0.15, 0.2) is 0 Å². The van der Waals surface area contributed by atoms with E-state index in [9.17, 15) is 13.2 Å². The summed E-state index contributed by atoms with van der Waals surface area (Å²) in [6.45, 7) is 2.99. The predicted octanol–water partition coefficient (Wildman–Crippen LogP) is 2.73. The lowest BCUT2D eigenvalue weighted by molar-refractivity contribution is -0.114. The molecule has 3 rings (SSSR count). The number of nitrogens with zero attached hydrogens (tertiary/aromatic N) is 2. The summed E-state index contributed by atoms with van der Waals surface area (Å²) in [4.78, 5) is 15.4. The van der Waals surface area contributed by atoms with E-state index >= 15 is 0 Å². The van der Waals surface area contributed by atoms with Crippen molar-refractivity contribution in [3.8, 4) is 11.4 Å². The number of anilines is 1. The largest absolute Gasteiger partial charge is 0.337 e. The molecule has 1 aromatic heterocycles. The number of hydrogen-bond acceptors (Lipinski definition) is 6. The number of carbonyl (C=O) groups is 1. The number of aromatic nitrogens is 2. The summed E-state index contributed by atoms with van der Waals surface area (Å²) in [6, 6.07) is 14.4. The van der Waals surface area contributed by atoms with Crippen molar-refractivity contribution in [1.29, 1.82) is 0 Å². The molecule has 0 radical (unpaired) electrons. The highest BCUT2D eigenvalue weighted by atomic mass is 32.2. The van der Waals surface area contributed by atoms with Crippen molar-refractivity contribution in [3.05, 3.63) is 60.5 Å². The zero-order chi connectivity index (χ0) is 19.4. The molecule has 1 atom stereocenters. The molecular formula is C18H18N4O4S. The summed E-state index contributed by atoms with van der Waals surface area (Å²) >= 11 is 0.